The summed E-state index contributed by atoms with van der Waals surface area (Å²) in [7, 11) is 0. The van der Waals surface area contributed by atoms with Crippen molar-refractivity contribution in [2.24, 2.45) is 0 Å². The van der Waals surface area contributed by atoms with E-state index in [2.05, 4.69) is 31.9 Å². The van der Waals surface area contributed by atoms with E-state index in [0.717, 1.165) is 0 Å². The van der Waals surface area contributed by atoms with E-state index in [1.807, 2.05) is 0 Å². The summed E-state index contributed by atoms with van der Waals surface area (Å²) in [4.78, 5) is 0. The van der Waals surface area contributed by atoms with Gasteiger partial charge in [0.05, 0.1) is 0 Å². The summed E-state index contributed by atoms with van der Waals surface area (Å²) >= 11 is 6.39. The van der Waals surface area contributed by atoms with Crippen LogP contribution >= 0.6 is 31.9 Å². The Morgan fingerprint density at radius 2 is 1.83 bits per heavy atom. The first-order chi connectivity index (χ1) is 8.61. The Balaban J connectivity index is 2.39. The minimum absolute atomic E-state index is 0.00880. The average Bonchev–Trinajstić information content (AvgIpc) is 2.34. The van der Waals surface area contributed by atoms with Gasteiger partial charge in [0.1, 0.15) is 0 Å². The molecule has 2 aromatic carbocycles. The topological polar surface area (TPSA) is 9.23 Å². The maximum Gasteiger partial charge on any atom is 0.167 e. The molecule has 0 fully saturated rings. The quantitative estimate of drug-likeness (QED) is 0.649. The Kier molecular flexibility index (Phi) is 4.35. The maximum absolute atomic E-state index is 13.7. The molecule has 1 nitrogen and oxygen atoms in total. The summed E-state index contributed by atoms with van der Waals surface area (Å²) in [5, 5.41) is 0.429. The smallest absolute Gasteiger partial charge is 0.167 e. The molecule has 94 valence electrons. The van der Waals surface area contributed by atoms with Gasteiger partial charge >= 0.3 is 0 Å². The Morgan fingerprint density at radius 1 is 1.06 bits per heavy atom. The molecule has 0 aromatic heterocycles. The van der Waals surface area contributed by atoms with Crippen LogP contribution in [0.15, 0.2) is 40.9 Å². The lowest BCUT2D eigenvalue weighted by molar-refractivity contribution is 0.411. The predicted molar refractivity (Wildman–Crippen MR) is 73.2 cm³/mol. The molecule has 0 aliphatic carbocycles. The van der Waals surface area contributed by atoms with Gasteiger partial charge in [-0.05, 0) is 24.3 Å². The van der Waals surface area contributed by atoms with Crippen LogP contribution in [0.3, 0.4) is 0 Å². The molecule has 2 rings (SSSR count). The highest BCUT2D eigenvalue weighted by molar-refractivity contribution is 9.10. The van der Waals surface area contributed by atoms with E-state index in [9.17, 15) is 8.78 Å². The van der Waals surface area contributed by atoms with E-state index in [4.69, 9.17) is 4.74 Å². The van der Waals surface area contributed by atoms with Crippen LogP contribution in [-0.4, -0.2) is 0 Å². The monoisotopic (exact) mass is 376 g/mol. The lowest BCUT2D eigenvalue weighted by atomic mass is 10.2. The fourth-order valence-electron chi connectivity index (χ4n) is 1.44. The summed E-state index contributed by atoms with van der Waals surface area (Å²) in [5.41, 5.74) is 0.623. The van der Waals surface area contributed by atoms with Gasteiger partial charge in [0.25, 0.3) is 0 Å². The van der Waals surface area contributed by atoms with E-state index in [1.165, 1.54) is 18.2 Å². The largest absolute Gasteiger partial charge is 0.451 e. The summed E-state index contributed by atoms with van der Waals surface area (Å²) < 4.78 is 33.2. The van der Waals surface area contributed by atoms with Crippen molar-refractivity contribution in [2.75, 3.05) is 0 Å². The van der Waals surface area contributed by atoms with Gasteiger partial charge in [-0.3, -0.25) is 0 Å². The Bertz CT molecular complexity index is 573. The predicted octanol–water partition coefficient (Wildman–Crippen LogP) is 5.41. The first-order valence-electron chi connectivity index (χ1n) is 5.08. The molecule has 0 spiro atoms. The molecule has 0 saturated carbocycles. The van der Waals surface area contributed by atoms with Crippen LogP contribution in [0.4, 0.5) is 8.78 Å². The summed E-state index contributed by atoms with van der Waals surface area (Å²) in [6.45, 7) is 0. The zero-order valence-corrected chi connectivity index (χ0v) is 12.3. The lowest BCUT2D eigenvalue weighted by Gasteiger charge is -2.11. The first kappa shape index (κ1) is 13.5. The van der Waals surface area contributed by atoms with E-state index in [-0.39, 0.29) is 11.5 Å². The van der Waals surface area contributed by atoms with E-state index < -0.39 is 11.6 Å². The third-order valence-electron chi connectivity index (χ3n) is 2.30. The summed E-state index contributed by atoms with van der Waals surface area (Å²) in [6.07, 6.45) is 0. The molecule has 18 heavy (non-hydrogen) atoms. The molecule has 0 atom stereocenters. The Morgan fingerprint density at radius 3 is 2.50 bits per heavy atom. The molecule has 0 unspecified atom stereocenters. The molecule has 0 saturated heterocycles. The third-order valence-corrected chi connectivity index (χ3v) is 3.40. The zero-order valence-electron chi connectivity index (χ0n) is 9.09. The number of para-hydroxylation sites is 1. The van der Waals surface area contributed by atoms with Crippen LogP contribution in [0.5, 0.6) is 11.5 Å². The molecule has 0 radical (unpaired) electrons. The van der Waals surface area contributed by atoms with Crippen LogP contribution < -0.4 is 4.74 Å². The molecule has 2 aromatic rings. The van der Waals surface area contributed by atoms with Crippen LogP contribution in [0, 0.1) is 11.6 Å². The van der Waals surface area contributed by atoms with Crippen molar-refractivity contribution in [1.29, 1.82) is 0 Å². The van der Waals surface area contributed by atoms with Crippen LogP contribution in [0.25, 0.3) is 0 Å². The molecular formula is C13H8Br2F2O. The highest BCUT2D eigenvalue weighted by Gasteiger charge is 2.12. The molecule has 0 amide bonds. The SMILES string of the molecule is Fc1cc(Br)ccc1Oc1c(F)cccc1CBr. The van der Waals surface area contributed by atoms with Gasteiger partial charge in [-0.15, -0.1) is 0 Å². The summed E-state index contributed by atoms with van der Waals surface area (Å²) in [5.74, 6) is -1.04. The van der Waals surface area contributed by atoms with Crippen LogP contribution in [0.1, 0.15) is 5.56 Å². The van der Waals surface area contributed by atoms with E-state index in [0.29, 0.717) is 15.4 Å². The fraction of sp³-hybridized carbons (Fsp3) is 0.0769. The van der Waals surface area contributed by atoms with Crippen molar-refractivity contribution >= 4 is 31.9 Å². The zero-order chi connectivity index (χ0) is 13.1. The normalized spacial score (nSPS) is 10.4. The number of benzene rings is 2. The van der Waals surface area contributed by atoms with Gasteiger partial charge in [0.15, 0.2) is 23.1 Å². The highest BCUT2D eigenvalue weighted by atomic mass is 79.9. The van der Waals surface area contributed by atoms with Crippen molar-refractivity contribution in [3.8, 4) is 11.5 Å². The van der Waals surface area contributed by atoms with Gasteiger partial charge in [0, 0.05) is 15.4 Å². The molecule has 5 heteroatoms. The van der Waals surface area contributed by atoms with Gasteiger partial charge < -0.3 is 4.74 Å². The minimum Gasteiger partial charge on any atom is -0.451 e. The Hall–Kier alpha value is -0.940. The van der Waals surface area contributed by atoms with E-state index >= 15 is 0 Å². The van der Waals surface area contributed by atoms with Gasteiger partial charge in [-0.2, -0.15) is 0 Å². The molecule has 0 aliphatic heterocycles. The standard InChI is InChI=1S/C13H8Br2F2O/c14-7-8-2-1-3-10(16)13(8)18-12-5-4-9(15)6-11(12)17/h1-6H,7H2. The van der Waals surface area contributed by atoms with Crippen molar-refractivity contribution in [1.82, 2.24) is 0 Å². The van der Waals surface area contributed by atoms with Gasteiger partial charge in [-0.25, -0.2) is 8.78 Å². The third kappa shape index (κ3) is 2.90. The van der Waals surface area contributed by atoms with Crippen molar-refractivity contribution in [3.05, 3.63) is 58.1 Å². The number of hydrogen-bond donors (Lipinski definition) is 0. The van der Waals surface area contributed by atoms with Gasteiger partial charge in [0.2, 0.25) is 0 Å². The second-order valence-electron chi connectivity index (χ2n) is 3.54. The fourth-order valence-corrected chi connectivity index (χ4v) is 2.22. The molecule has 0 heterocycles. The number of ether oxygens (including phenoxy) is 1. The minimum atomic E-state index is -0.548. The number of hydrogen-bond acceptors (Lipinski definition) is 1. The lowest BCUT2D eigenvalue weighted by Crippen LogP contribution is -1.95. The van der Waals surface area contributed by atoms with Crippen LogP contribution in [0.2, 0.25) is 0 Å². The summed E-state index contributed by atoms with van der Waals surface area (Å²) in [6, 6.07) is 8.92. The highest BCUT2D eigenvalue weighted by Crippen LogP contribution is 2.32. The number of alkyl halides is 1. The molecule has 0 bridgehead atoms. The van der Waals surface area contributed by atoms with Crippen LogP contribution in [-0.2, 0) is 5.33 Å². The van der Waals surface area contributed by atoms with Gasteiger partial charge in [-0.1, -0.05) is 44.0 Å². The molecule has 0 N–H and O–H groups in total. The maximum atomic E-state index is 13.7. The molecule has 0 aliphatic rings. The van der Waals surface area contributed by atoms with E-state index in [1.54, 1.807) is 18.2 Å². The number of rotatable bonds is 3. The second kappa shape index (κ2) is 5.80. The molecular weight excluding hydrogens is 370 g/mol. The van der Waals surface area contributed by atoms with Crippen molar-refractivity contribution < 1.29 is 13.5 Å². The second-order valence-corrected chi connectivity index (χ2v) is 5.01. The van der Waals surface area contributed by atoms with Crippen molar-refractivity contribution in [2.45, 2.75) is 5.33 Å². The van der Waals surface area contributed by atoms with Crippen molar-refractivity contribution in [3.63, 3.8) is 0 Å². The first-order valence-corrected chi connectivity index (χ1v) is 6.99. The number of halogens is 4. The average molecular weight is 378 g/mol. The Labute approximate surface area is 120 Å².